The molecule has 1 aliphatic carbocycles. The Bertz CT molecular complexity index is 432. The SMILES string of the molecule is CC(C)[C@H](N)C(=O)NCCCc1nc2c(s1)CCCC2. The number of nitrogens with two attached hydrogens (primary N) is 1. The Morgan fingerprint density at radius 1 is 1.40 bits per heavy atom. The van der Waals surface area contributed by atoms with Crippen molar-refractivity contribution in [3.63, 3.8) is 0 Å². The molecule has 2 rings (SSSR count). The number of hydrogen-bond donors (Lipinski definition) is 2. The number of rotatable bonds is 6. The summed E-state index contributed by atoms with van der Waals surface area (Å²) < 4.78 is 0. The van der Waals surface area contributed by atoms with Crippen molar-refractivity contribution in [3.05, 3.63) is 15.6 Å². The fourth-order valence-corrected chi connectivity index (χ4v) is 3.58. The fraction of sp³-hybridized carbons (Fsp3) is 0.733. The number of hydrogen-bond acceptors (Lipinski definition) is 4. The molecule has 0 aliphatic heterocycles. The van der Waals surface area contributed by atoms with Gasteiger partial charge in [0.1, 0.15) is 0 Å². The van der Waals surface area contributed by atoms with Gasteiger partial charge in [0.2, 0.25) is 5.91 Å². The van der Waals surface area contributed by atoms with E-state index in [-0.39, 0.29) is 11.8 Å². The number of nitrogens with zero attached hydrogens (tertiary/aromatic N) is 1. The molecule has 0 aromatic carbocycles. The summed E-state index contributed by atoms with van der Waals surface area (Å²) in [6.45, 7) is 4.61. The van der Waals surface area contributed by atoms with Crippen LogP contribution in [0.3, 0.4) is 0 Å². The summed E-state index contributed by atoms with van der Waals surface area (Å²) in [5, 5.41) is 4.13. The Hall–Kier alpha value is -0.940. The van der Waals surface area contributed by atoms with Gasteiger partial charge >= 0.3 is 0 Å². The van der Waals surface area contributed by atoms with E-state index in [0.717, 1.165) is 19.3 Å². The number of fused-ring (bicyclic) bond motifs is 1. The quantitative estimate of drug-likeness (QED) is 0.789. The van der Waals surface area contributed by atoms with Gasteiger partial charge in [-0.15, -0.1) is 11.3 Å². The lowest BCUT2D eigenvalue weighted by Crippen LogP contribution is -2.44. The van der Waals surface area contributed by atoms with Crippen molar-refractivity contribution < 1.29 is 4.79 Å². The maximum Gasteiger partial charge on any atom is 0.237 e. The normalized spacial score (nSPS) is 16.0. The molecule has 20 heavy (non-hydrogen) atoms. The van der Waals surface area contributed by atoms with Crippen LogP contribution in [-0.4, -0.2) is 23.5 Å². The van der Waals surface area contributed by atoms with Crippen molar-refractivity contribution in [3.8, 4) is 0 Å². The largest absolute Gasteiger partial charge is 0.355 e. The standard InChI is InChI=1S/C15H25N3OS/c1-10(2)14(16)15(19)17-9-5-8-13-18-11-6-3-4-7-12(11)20-13/h10,14H,3-9,16H2,1-2H3,(H,17,19)/t14-/m0/s1. The molecular weight excluding hydrogens is 270 g/mol. The number of thiazole rings is 1. The highest BCUT2D eigenvalue weighted by Gasteiger charge is 2.17. The Labute approximate surface area is 125 Å². The van der Waals surface area contributed by atoms with Gasteiger partial charge in [-0.25, -0.2) is 4.98 Å². The van der Waals surface area contributed by atoms with Crippen LogP contribution in [0.2, 0.25) is 0 Å². The third-order valence-corrected chi connectivity index (χ3v) is 4.99. The Balaban J connectivity index is 1.71. The van der Waals surface area contributed by atoms with Crippen molar-refractivity contribution in [2.45, 2.75) is 58.4 Å². The third kappa shape index (κ3) is 4.03. The zero-order valence-corrected chi connectivity index (χ0v) is 13.3. The molecule has 0 fully saturated rings. The Morgan fingerprint density at radius 3 is 2.85 bits per heavy atom. The predicted octanol–water partition coefficient (Wildman–Crippen LogP) is 2.05. The Kier molecular flexibility index (Phi) is 5.54. The summed E-state index contributed by atoms with van der Waals surface area (Å²) in [6.07, 6.45) is 6.81. The molecule has 5 heteroatoms. The van der Waals surface area contributed by atoms with Gasteiger partial charge in [0.15, 0.2) is 0 Å². The summed E-state index contributed by atoms with van der Waals surface area (Å²) in [7, 11) is 0. The van der Waals surface area contributed by atoms with E-state index in [4.69, 9.17) is 10.7 Å². The number of aromatic nitrogens is 1. The second kappa shape index (κ2) is 7.18. The molecule has 1 aromatic heterocycles. The molecule has 0 saturated heterocycles. The molecule has 0 bridgehead atoms. The summed E-state index contributed by atoms with van der Waals surface area (Å²) in [6, 6.07) is -0.401. The van der Waals surface area contributed by atoms with Gasteiger partial charge in [0, 0.05) is 17.8 Å². The van der Waals surface area contributed by atoms with E-state index in [9.17, 15) is 4.79 Å². The topological polar surface area (TPSA) is 68.0 Å². The van der Waals surface area contributed by atoms with Crippen LogP contribution >= 0.6 is 11.3 Å². The van der Waals surface area contributed by atoms with Gasteiger partial charge in [-0.2, -0.15) is 0 Å². The first-order valence-electron chi connectivity index (χ1n) is 7.58. The van der Waals surface area contributed by atoms with Crippen LogP contribution in [0.15, 0.2) is 0 Å². The molecule has 112 valence electrons. The summed E-state index contributed by atoms with van der Waals surface area (Å²) in [4.78, 5) is 17.9. The lowest BCUT2D eigenvalue weighted by Gasteiger charge is -2.14. The van der Waals surface area contributed by atoms with Crippen LogP contribution < -0.4 is 11.1 Å². The molecule has 3 N–H and O–H groups in total. The van der Waals surface area contributed by atoms with E-state index >= 15 is 0 Å². The molecule has 1 aliphatic rings. The Morgan fingerprint density at radius 2 is 2.15 bits per heavy atom. The lowest BCUT2D eigenvalue weighted by molar-refractivity contribution is -0.123. The van der Waals surface area contributed by atoms with Gasteiger partial charge in [-0.05, 0) is 38.0 Å². The molecule has 1 heterocycles. The van der Waals surface area contributed by atoms with E-state index in [0.29, 0.717) is 6.54 Å². The van der Waals surface area contributed by atoms with Crippen molar-refractivity contribution in [1.82, 2.24) is 10.3 Å². The zero-order valence-electron chi connectivity index (χ0n) is 12.4. The predicted molar refractivity (Wildman–Crippen MR) is 82.9 cm³/mol. The van der Waals surface area contributed by atoms with Crippen LogP contribution in [0.4, 0.5) is 0 Å². The van der Waals surface area contributed by atoms with Gasteiger partial charge < -0.3 is 11.1 Å². The molecule has 4 nitrogen and oxygen atoms in total. The lowest BCUT2D eigenvalue weighted by atomic mass is 10.0. The van der Waals surface area contributed by atoms with E-state index in [2.05, 4.69) is 5.32 Å². The molecule has 0 saturated carbocycles. The molecule has 0 spiro atoms. The van der Waals surface area contributed by atoms with Gasteiger partial charge in [0.25, 0.3) is 0 Å². The van der Waals surface area contributed by atoms with E-state index < -0.39 is 6.04 Å². The minimum Gasteiger partial charge on any atom is -0.355 e. The van der Waals surface area contributed by atoms with Crippen LogP contribution in [0.1, 0.15) is 48.7 Å². The monoisotopic (exact) mass is 295 g/mol. The number of amides is 1. The molecule has 0 radical (unpaired) electrons. The first-order valence-corrected chi connectivity index (χ1v) is 8.40. The van der Waals surface area contributed by atoms with Gasteiger partial charge in [-0.3, -0.25) is 4.79 Å². The highest BCUT2D eigenvalue weighted by Crippen LogP contribution is 2.27. The van der Waals surface area contributed by atoms with Crippen molar-refractivity contribution in [2.24, 2.45) is 11.7 Å². The highest BCUT2D eigenvalue weighted by atomic mass is 32.1. The van der Waals surface area contributed by atoms with Crippen LogP contribution in [-0.2, 0) is 24.1 Å². The maximum atomic E-state index is 11.7. The van der Waals surface area contributed by atoms with Crippen molar-refractivity contribution >= 4 is 17.2 Å². The second-order valence-corrected chi connectivity index (χ2v) is 7.02. The number of carbonyl (C=O) groups excluding carboxylic acids is 1. The molecule has 0 unspecified atom stereocenters. The third-order valence-electron chi connectivity index (χ3n) is 3.78. The van der Waals surface area contributed by atoms with Gasteiger partial charge in [-0.1, -0.05) is 13.8 Å². The van der Waals surface area contributed by atoms with Crippen LogP contribution in [0.25, 0.3) is 0 Å². The van der Waals surface area contributed by atoms with Crippen LogP contribution in [0.5, 0.6) is 0 Å². The average molecular weight is 295 g/mol. The molecular formula is C15H25N3OS. The van der Waals surface area contributed by atoms with Crippen molar-refractivity contribution in [1.29, 1.82) is 0 Å². The fourth-order valence-electron chi connectivity index (χ4n) is 2.38. The molecule has 1 amide bonds. The number of carbonyl (C=O) groups is 1. The first-order chi connectivity index (χ1) is 9.58. The zero-order chi connectivity index (χ0) is 14.5. The maximum absolute atomic E-state index is 11.7. The minimum absolute atomic E-state index is 0.0431. The van der Waals surface area contributed by atoms with Crippen LogP contribution in [0, 0.1) is 5.92 Å². The minimum atomic E-state index is -0.401. The first kappa shape index (κ1) is 15.4. The number of nitrogens with one attached hydrogen (secondary N) is 1. The summed E-state index contributed by atoms with van der Waals surface area (Å²) in [5.74, 6) is 0.138. The average Bonchev–Trinajstić information content (AvgIpc) is 2.85. The van der Waals surface area contributed by atoms with Crippen molar-refractivity contribution in [2.75, 3.05) is 6.54 Å². The smallest absolute Gasteiger partial charge is 0.237 e. The summed E-state index contributed by atoms with van der Waals surface area (Å²) >= 11 is 1.86. The second-order valence-electron chi connectivity index (χ2n) is 5.85. The summed E-state index contributed by atoms with van der Waals surface area (Å²) in [5.41, 5.74) is 7.12. The van der Waals surface area contributed by atoms with E-state index in [1.165, 1.54) is 34.8 Å². The van der Waals surface area contributed by atoms with E-state index in [1.54, 1.807) is 0 Å². The molecule has 1 aromatic rings. The highest BCUT2D eigenvalue weighted by molar-refractivity contribution is 7.11. The number of aryl methyl sites for hydroxylation is 3. The van der Waals surface area contributed by atoms with Gasteiger partial charge in [0.05, 0.1) is 16.7 Å². The van der Waals surface area contributed by atoms with E-state index in [1.807, 2.05) is 25.2 Å². The molecule has 1 atom stereocenters.